The molecule has 0 spiro atoms. The van der Waals surface area contributed by atoms with Crippen LogP contribution in [-0.4, -0.2) is 20.2 Å². The van der Waals surface area contributed by atoms with Gasteiger partial charge in [0, 0.05) is 11.6 Å². The fraction of sp³-hybridized carbons (Fsp3) is 0.188. The summed E-state index contributed by atoms with van der Waals surface area (Å²) in [5.74, 6) is -1.25. The number of halogens is 2. The van der Waals surface area contributed by atoms with E-state index in [1.807, 2.05) is 0 Å². The van der Waals surface area contributed by atoms with Crippen molar-refractivity contribution in [3.8, 4) is 0 Å². The van der Waals surface area contributed by atoms with E-state index in [0.29, 0.717) is 5.88 Å². The van der Waals surface area contributed by atoms with E-state index in [2.05, 4.69) is 4.72 Å². The number of nitrogens with one attached hydrogen (secondary N) is 1. The Kier molecular flexibility index (Phi) is 5.80. The lowest BCUT2D eigenvalue weighted by atomic mass is 10.1. The van der Waals surface area contributed by atoms with E-state index >= 15 is 0 Å². The van der Waals surface area contributed by atoms with Crippen LogP contribution in [-0.2, 0) is 16.4 Å². The van der Waals surface area contributed by atoms with Crippen LogP contribution in [0.25, 0.3) is 0 Å². The van der Waals surface area contributed by atoms with Crippen molar-refractivity contribution in [3.05, 3.63) is 59.4 Å². The molecule has 0 unspecified atom stereocenters. The molecule has 24 heavy (non-hydrogen) atoms. The van der Waals surface area contributed by atoms with Gasteiger partial charge in [-0.25, -0.2) is 12.8 Å². The molecule has 1 amide bonds. The molecule has 8 heteroatoms. The van der Waals surface area contributed by atoms with Crippen molar-refractivity contribution in [1.82, 2.24) is 0 Å². The number of carbonyl (C=O) groups excluding carboxylic acids is 1. The quantitative estimate of drug-likeness (QED) is 0.734. The maximum absolute atomic E-state index is 13.4. The zero-order valence-electron chi connectivity index (χ0n) is 12.6. The summed E-state index contributed by atoms with van der Waals surface area (Å²) in [4.78, 5) is 11.2. The Morgan fingerprint density at radius 3 is 2.42 bits per heavy atom. The van der Waals surface area contributed by atoms with Crippen molar-refractivity contribution in [3.63, 3.8) is 0 Å². The van der Waals surface area contributed by atoms with E-state index in [1.54, 1.807) is 12.1 Å². The number of anilines is 1. The average Bonchev–Trinajstić information content (AvgIpc) is 2.54. The largest absolute Gasteiger partial charge is 0.366 e. The van der Waals surface area contributed by atoms with Gasteiger partial charge in [-0.15, -0.1) is 11.6 Å². The second kappa shape index (κ2) is 7.63. The van der Waals surface area contributed by atoms with E-state index in [0.717, 1.165) is 30.5 Å². The number of hydrogen-bond acceptors (Lipinski definition) is 3. The predicted octanol–water partition coefficient (Wildman–Crippen LogP) is 2.90. The third-order valence-electron chi connectivity index (χ3n) is 3.32. The maximum atomic E-state index is 13.4. The Hall–Kier alpha value is -2.12. The lowest BCUT2D eigenvalue weighted by molar-refractivity contribution is 0.0996. The lowest BCUT2D eigenvalue weighted by Crippen LogP contribution is -2.16. The standard InChI is InChI=1S/C16H16ClFN2O3S/c17-9-1-2-11-3-6-13(7-4-11)24(22,23)20-12-5-8-15(18)14(10-12)16(19)21/h3-8,10,20H,1-2,9H2,(H2,19,21). The highest BCUT2D eigenvalue weighted by Crippen LogP contribution is 2.19. The number of primary amides is 1. The minimum Gasteiger partial charge on any atom is -0.366 e. The first-order valence-corrected chi connectivity index (χ1v) is 9.12. The molecule has 2 aromatic carbocycles. The SMILES string of the molecule is NC(=O)c1cc(NS(=O)(=O)c2ccc(CCCCl)cc2)ccc1F. The number of alkyl halides is 1. The lowest BCUT2D eigenvalue weighted by Gasteiger charge is -2.10. The Morgan fingerprint density at radius 2 is 1.83 bits per heavy atom. The fourth-order valence-corrected chi connectivity index (χ4v) is 3.28. The highest BCUT2D eigenvalue weighted by molar-refractivity contribution is 7.92. The molecular weight excluding hydrogens is 355 g/mol. The number of benzene rings is 2. The van der Waals surface area contributed by atoms with E-state index in [1.165, 1.54) is 18.2 Å². The monoisotopic (exact) mass is 370 g/mol. The van der Waals surface area contributed by atoms with Crippen molar-refractivity contribution in [2.75, 3.05) is 10.6 Å². The van der Waals surface area contributed by atoms with Crippen molar-refractivity contribution in [2.45, 2.75) is 17.7 Å². The van der Waals surface area contributed by atoms with Crippen LogP contribution in [0.5, 0.6) is 0 Å². The molecule has 0 atom stereocenters. The first kappa shape index (κ1) is 18.2. The molecule has 128 valence electrons. The van der Waals surface area contributed by atoms with E-state index < -0.39 is 21.7 Å². The van der Waals surface area contributed by atoms with Gasteiger partial charge in [0.05, 0.1) is 10.5 Å². The number of carbonyl (C=O) groups is 1. The molecule has 3 N–H and O–H groups in total. The smallest absolute Gasteiger partial charge is 0.261 e. The van der Waals surface area contributed by atoms with Crippen molar-refractivity contribution >= 4 is 33.2 Å². The van der Waals surface area contributed by atoms with Gasteiger partial charge in [0.1, 0.15) is 5.82 Å². The zero-order valence-corrected chi connectivity index (χ0v) is 14.2. The summed E-state index contributed by atoms with van der Waals surface area (Å²) in [5.41, 5.74) is 5.70. The highest BCUT2D eigenvalue weighted by Gasteiger charge is 2.16. The number of amides is 1. The van der Waals surface area contributed by atoms with Crippen LogP contribution in [0.3, 0.4) is 0 Å². The van der Waals surface area contributed by atoms with E-state index in [4.69, 9.17) is 17.3 Å². The van der Waals surface area contributed by atoms with Crippen LogP contribution < -0.4 is 10.5 Å². The van der Waals surface area contributed by atoms with Crippen LogP contribution >= 0.6 is 11.6 Å². The second-order valence-electron chi connectivity index (χ2n) is 5.10. The molecule has 0 aliphatic carbocycles. The molecule has 2 rings (SSSR count). The summed E-state index contributed by atoms with van der Waals surface area (Å²) in [7, 11) is -3.86. The number of nitrogens with two attached hydrogens (primary N) is 1. The van der Waals surface area contributed by atoms with Gasteiger partial charge < -0.3 is 5.73 Å². The number of sulfonamides is 1. The molecule has 0 saturated heterocycles. The van der Waals surface area contributed by atoms with Gasteiger partial charge in [-0.05, 0) is 48.7 Å². The summed E-state index contributed by atoms with van der Waals surface area (Å²) in [5, 5.41) is 0. The van der Waals surface area contributed by atoms with Gasteiger partial charge in [-0.1, -0.05) is 12.1 Å². The van der Waals surface area contributed by atoms with Crippen molar-refractivity contribution in [2.24, 2.45) is 5.73 Å². The molecule has 0 fully saturated rings. The molecule has 0 aromatic heterocycles. The van der Waals surface area contributed by atoms with Crippen LogP contribution in [0.2, 0.25) is 0 Å². The first-order chi connectivity index (χ1) is 11.3. The third-order valence-corrected chi connectivity index (χ3v) is 4.98. The van der Waals surface area contributed by atoms with Gasteiger partial charge >= 0.3 is 0 Å². The normalized spacial score (nSPS) is 11.2. The highest BCUT2D eigenvalue weighted by atomic mass is 35.5. The molecule has 0 bridgehead atoms. The molecule has 0 aliphatic rings. The predicted molar refractivity (Wildman–Crippen MR) is 91.2 cm³/mol. The van der Waals surface area contributed by atoms with Crippen molar-refractivity contribution in [1.29, 1.82) is 0 Å². The molecule has 5 nitrogen and oxygen atoms in total. The third kappa shape index (κ3) is 4.46. The average molecular weight is 371 g/mol. The Labute approximate surface area is 144 Å². The summed E-state index contributed by atoms with van der Waals surface area (Å²) in [6, 6.07) is 9.63. The zero-order chi connectivity index (χ0) is 17.7. The molecule has 2 aromatic rings. The minimum absolute atomic E-state index is 0.0522. The number of rotatable bonds is 7. The van der Waals surface area contributed by atoms with Gasteiger partial charge in [0.25, 0.3) is 15.9 Å². The van der Waals surface area contributed by atoms with Gasteiger partial charge in [-0.3, -0.25) is 9.52 Å². The number of aryl methyl sites for hydroxylation is 1. The van der Waals surface area contributed by atoms with Crippen LogP contribution in [0, 0.1) is 5.82 Å². The number of hydrogen-bond donors (Lipinski definition) is 2. The van der Waals surface area contributed by atoms with Crippen LogP contribution in [0.1, 0.15) is 22.3 Å². The Morgan fingerprint density at radius 1 is 1.17 bits per heavy atom. The Balaban J connectivity index is 2.22. The van der Waals surface area contributed by atoms with Crippen molar-refractivity contribution < 1.29 is 17.6 Å². The van der Waals surface area contributed by atoms with E-state index in [9.17, 15) is 17.6 Å². The van der Waals surface area contributed by atoms with Crippen LogP contribution in [0.15, 0.2) is 47.4 Å². The molecule has 0 saturated carbocycles. The second-order valence-corrected chi connectivity index (χ2v) is 7.16. The van der Waals surface area contributed by atoms with Gasteiger partial charge in [0.15, 0.2) is 0 Å². The summed E-state index contributed by atoms with van der Waals surface area (Å²) in [6.07, 6.45) is 1.56. The van der Waals surface area contributed by atoms with Gasteiger partial charge in [-0.2, -0.15) is 0 Å². The van der Waals surface area contributed by atoms with Crippen LogP contribution in [0.4, 0.5) is 10.1 Å². The molecular formula is C16H16ClFN2O3S. The summed E-state index contributed by atoms with van der Waals surface area (Å²) in [6.45, 7) is 0. The topological polar surface area (TPSA) is 89.3 Å². The van der Waals surface area contributed by atoms with Gasteiger partial charge in [0.2, 0.25) is 0 Å². The maximum Gasteiger partial charge on any atom is 0.261 e. The fourth-order valence-electron chi connectivity index (χ4n) is 2.10. The first-order valence-electron chi connectivity index (χ1n) is 7.10. The molecule has 0 radical (unpaired) electrons. The Bertz CT molecular complexity index is 839. The van der Waals surface area contributed by atoms with E-state index in [-0.39, 0.29) is 16.1 Å². The summed E-state index contributed by atoms with van der Waals surface area (Å²) >= 11 is 5.63. The summed E-state index contributed by atoms with van der Waals surface area (Å²) < 4.78 is 40.4. The minimum atomic E-state index is -3.86. The molecule has 0 heterocycles. The molecule has 0 aliphatic heterocycles.